The van der Waals surface area contributed by atoms with Gasteiger partial charge in [-0.1, -0.05) is 69.7 Å². The Hall–Kier alpha value is -9.16. The second-order valence-corrected chi connectivity index (χ2v) is 27.1. The summed E-state index contributed by atoms with van der Waals surface area (Å²) in [6.45, 7) is 2.06. The Morgan fingerprint density at radius 1 is 0.520 bits per heavy atom. The van der Waals surface area contributed by atoms with E-state index in [1.54, 1.807) is 38.1 Å². The van der Waals surface area contributed by atoms with Crippen LogP contribution in [0, 0.1) is 11.8 Å². The minimum atomic E-state index is -1.75. The van der Waals surface area contributed by atoms with Gasteiger partial charge in [0.15, 0.2) is 17.9 Å². The summed E-state index contributed by atoms with van der Waals surface area (Å²) in [4.78, 5) is 183. The van der Waals surface area contributed by atoms with Crippen LogP contribution >= 0.6 is 11.6 Å². The minimum absolute atomic E-state index is 0.00161. The molecule has 36 nitrogen and oxygen atoms in total. The summed E-state index contributed by atoms with van der Waals surface area (Å²) in [5.41, 5.74) is 45.8. The molecule has 1 aromatic rings. The molecule has 102 heavy (non-hydrogen) atoms. The highest BCUT2D eigenvalue weighted by molar-refractivity contribution is 6.30. The second kappa shape index (κ2) is 42.3. The van der Waals surface area contributed by atoms with Gasteiger partial charge in [0.1, 0.15) is 60.4 Å². The molecule has 3 aliphatic heterocycles. The van der Waals surface area contributed by atoms with E-state index in [9.17, 15) is 67.7 Å². The third-order valence-electron chi connectivity index (χ3n) is 18.3. The molecule has 0 spiro atoms. The van der Waals surface area contributed by atoms with Crippen molar-refractivity contribution in [3.63, 3.8) is 0 Å². The fourth-order valence-electron chi connectivity index (χ4n) is 13.0. The van der Waals surface area contributed by atoms with Crippen molar-refractivity contribution < 1.29 is 67.7 Å². The maximum atomic E-state index is 14.7. The number of nitrogens with two attached hydrogens (primary N) is 8. The monoisotopic (exact) mass is 1450 g/mol. The third kappa shape index (κ3) is 27.0. The molecule has 3 heterocycles. The zero-order chi connectivity index (χ0) is 75.2. The molecule has 4 aliphatic rings. The van der Waals surface area contributed by atoms with Gasteiger partial charge >= 0.3 is 5.97 Å². The molecule has 26 N–H and O–H groups in total. The normalized spacial score (nSPS) is 19.0. The van der Waals surface area contributed by atoms with E-state index in [2.05, 4.69) is 57.5 Å². The van der Waals surface area contributed by atoms with Gasteiger partial charge in [-0.2, -0.15) is 0 Å². The number of nitrogens with one attached hydrogen (secondary N) is 8. The van der Waals surface area contributed by atoms with Crippen LogP contribution in [0.2, 0.25) is 5.02 Å². The number of carboxylic acid groups (broad SMARTS) is 1. The number of hydrogen-bond acceptors (Lipinski definition) is 18. The summed E-state index contributed by atoms with van der Waals surface area (Å²) >= 11 is 6.03. The Kier molecular flexibility index (Phi) is 34.6. The third-order valence-corrected chi connectivity index (χ3v) is 18.6. The quantitative estimate of drug-likeness (QED) is 0.0166. The van der Waals surface area contributed by atoms with Crippen molar-refractivity contribution in [1.29, 1.82) is 0 Å². The lowest BCUT2D eigenvalue weighted by Crippen LogP contribution is -2.61. The molecule has 0 unspecified atom stereocenters. The van der Waals surface area contributed by atoms with Gasteiger partial charge in [-0.15, -0.1) is 0 Å². The zero-order valence-corrected chi connectivity index (χ0v) is 59.1. The van der Waals surface area contributed by atoms with Crippen molar-refractivity contribution in [2.45, 2.75) is 209 Å². The number of carbonyl (C=O) groups excluding carboxylic acids is 11. The van der Waals surface area contributed by atoms with Gasteiger partial charge in [-0.05, 0) is 119 Å². The van der Waals surface area contributed by atoms with Gasteiger partial charge in [-0.25, -0.2) is 4.79 Å². The first-order valence-corrected chi connectivity index (χ1v) is 35.4. The van der Waals surface area contributed by atoms with Crippen LogP contribution in [-0.2, 0) is 64.0 Å². The fourth-order valence-corrected chi connectivity index (χ4v) is 13.1. The topological polar surface area (TPSA) is 596 Å². The summed E-state index contributed by atoms with van der Waals surface area (Å²) in [5, 5.41) is 41.8. The van der Waals surface area contributed by atoms with Crippen molar-refractivity contribution >= 4 is 100 Å². The molecule has 4 fully saturated rings. The molecule has 0 radical (unpaired) electrons. The SMILES string of the molecule is CC(C)C[C@H](NC(=O)[C@H](CCCN=C(N)N)NC(=O)[C@@H]1CCCN1C(=O)[C@@H](N)CCCN=C(N)N)C(=O)N[C@@H](CO)C(=O)N[C@@H](CN)C(=O)N[C@@H](CCCN=C(N)N)C(=O)NCC(=O)N1CCC[C@H]1C(=O)N[C@@H](CC1CCCCC1)C(=O)N1CCC[C@H]1C(=O)N[C@@H](Cc1ccc(Cl)cc1)C(=O)O. The zero-order valence-electron chi connectivity index (χ0n) is 58.3. The highest BCUT2D eigenvalue weighted by Crippen LogP contribution is 2.30. The average Bonchev–Trinajstić information content (AvgIpc) is 1.62. The number of likely N-dealkylation sites (tertiary alicyclic amines) is 3. The Bertz CT molecular complexity index is 3130. The average molecular weight is 1460 g/mol. The number of aliphatic hydroxyl groups excluding tert-OH is 1. The van der Waals surface area contributed by atoms with Gasteiger partial charge < -0.3 is 113 Å². The van der Waals surface area contributed by atoms with E-state index < -0.39 is 157 Å². The first kappa shape index (κ1) is 83.5. The molecule has 37 heteroatoms. The maximum Gasteiger partial charge on any atom is 0.326 e. The molecule has 5 rings (SSSR count). The summed E-state index contributed by atoms with van der Waals surface area (Å²) in [6.07, 6.45) is 7.45. The van der Waals surface area contributed by atoms with Crippen LogP contribution in [0.4, 0.5) is 0 Å². The van der Waals surface area contributed by atoms with Gasteiger partial charge in [-0.3, -0.25) is 67.7 Å². The van der Waals surface area contributed by atoms with E-state index in [-0.39, 0.29) is 140 Å². The lowest BCUT2D eigenvalue weighted by Gasteiger charge is -2.33. The number of carboxylic acids is 1. The van der Waals surface area contributed by atoms with E-state index in [1.807, 2.05) is 0 Å². The Balaban J connectivity index is 1.23. The van der Waals surface area contributed by atoms with Crippen LogP contribution in [0.3, 0.4) is 0 Å². The maximum absolute atomic E-state index is 14.7. The van der Waals surface area contributed by atoms with Crippen LogP contribution in [0.5, 0.6) is 0 Å². The number of nitrogens with zero attached hydrogens (tertiary/aromatic N) is 6. The molecular weight excluding hydrogens is 1350 g/mol. The molecule has 568 valence electrons. The smallest absolute Gasteiger partial charge is 0.326 e. The van der Waals surface area contributed by atoms with Crippen molar-refractivity contribution in [1.82, 2.24) is 57.2 Å². The Morgan fingerprint density at radius 3 is 1.46 bits per heavy atom. The largest absolute Gasteiger partial charge is 0.480 e. The number of aliphatic hydroxyl groups is 1. The van der Waals surface area contributed by atoms with Crippen LogP contribution < -0.4 is 88.4 Å². The van der Waals surface area contributed by atoms with Crippen molar-refractivity contribution in [2.24, 2.45) is 72.7 Å². The highest BCUT2D eigenvalue weighted by atomic mass is 35.5. The van der Waals surface area contributed by atoms with Crippen LogP contribution in [-0.4, -0.2) is 239 Å². The fraction of sp³-hybridized carbons (Fsp3) is 0.677. The number of guanidine groups is 3. The van der Waals surface area contributed by atoms with E-state index in [0.29, 0.717) is 36.3 Å². The van der Waals surface area contributed by atoms with Crippen molar-refractivity contribution in [3.8, 4) is 0 Å². The number of benzene rings is 1. The number of rotatable bonds is 40. The number of hydrogen-bond donors (Lipinski definition) is 18. The summed E-state index contributed by atoms with van der Waals surface area (Å²) in [5.74, 6) is -10.4. The van der Waals surface area contributed by atoms with Crippen molar-refractivity contribution in [3.05, 3.63) is 34.9 Å². The van der Waals surface area contributed by atoms with E-state index in [0.717, 1.165) is 32.1 Å². The Morgan fingerprint density at radius 2 is 0.951 bits per heavy atom. The second-order valence-electron chi connectivity index (χ2n) is 26.7. The van der Waals surface area contributed by atoms with Crippen molar-refractivity contribution in [2.75, 3.05) is 59.0 Å². The standard InChI is InChI=1S/C65H107ClN22O14/c1-36(2)30-43(81-53(92)42(16-8-26-77-65(73)74)80-58(97)49-18-10-28-87(49)60(99)40(68)14-6-24-75-63(69)70)54(93)85-47(35-89)56(95)84-46(33-67)55(94)79-41(15-7-25-76-64(71)72)52(91)78-34-51(90)86-27-9-17-48(86)57(96)82-44(31-37-12-4-3-5-13-37)61(100)88-29-11-19-50(88)59(98)83-45(62(101)102)32-38-20-22-39(66)23-21-38/h20-23,36-37,40-50,89H,3-19,24-35,67-68H2,1-2H3,(H,78,91)(H,79,94)(H,80,97)(H,81,92)(H,82,96)(H,83,98)(H,84,95)(H,85,93)(H,101,102)(H4,69,70,75)(H4,71,72,76)(H4,73,74,77)/t40-,41-,42-,43-,44-,45-,46-,47-,48-,49-,50-/m0/s1. The molecule has 11 amide bonds. The van der Waals surface area contributed by atoms with Gasteiger partial charge in [0, 0.05) is 57.3 Å². The lowest BCUT2D eigenvalue weighted by atomic mass is 9.84. The molecular formula is C65H107ClN22O14. The van der Waals surface area contributed by atoms with Crippen LogP contribution in [0.25, 0.3) is 0 Å². The predicted molar refractivity (Wildman–Crippen MR) is 378 cm³/mol. The minimum Gasteiger partial charge on any atom is -0.480 e. The van der Waals surface area contributed by atoms with E-state index in [1.165, 1.54) is 14.7 Å². The van der Waals surface area contributed by atoms with E-state index >= 15 is 0 Å². The number of carbonyl (C=O) groups is 12. The molecule has 1 aliphatic carbocycles. The predicted octanol–water partition coefficient (Wildman–Crippen LogP) is -5.09. The molecule has 1 saturated carbocycles. The number of aliphatic imine (C=N–C) groups is 3. The molecule has 0 bridgehead atoms. The molecule has 3 saturated heterocycles. The first-order chi connectivity index (χ1) is 48.5. The van der Waals surface area contributed by atoms with Gasteiger partial charge in [0.2, 0.25) is 65.0 Å². The molecule has 0 aromatic heterocycles. The molecule has 1 aromatic carbocycles. The lowest BCUT2D eigenvalue weighted by molar-refractivity contribution is -0.145. The summed E-state index contributed by atoms with van der Waals surface area (Å²) < 4.78 is 0. The van der Waals surface area contributed by atoms with Gasteiger partial charge in [0.05, 0.1) is 19.2 Å². The first-order valence-electron chi connectivity index (χ1n) is 35.0. The van der Waals surface area contributed by atoms with Gasteiger partial charge in [0.25, 0.3) is 0 Å². The highest BCUT2D eigenvalue weighted by Gasteiger charge is 2.43. The molecule has 11 atom stereocenters. The number of halogens is 1. The summed E-state index contributed by atoms with van der Waals surface area (Å²) in [6, 6.07) is -7.39. The van der Waals surface area contributed by atoms with Crippen LogP contribution in [0.15, 0.2) is 39.2 Å². The number of aliphatic carboxylic acids is 1. The number of amides is 11. The Labute approximate surface area is 598 Å². The summed E-state index contributed by atoms with van der Waals surface area (Å²) in [7, 11) is 0. The van der Waals surface area contributed by atoms with Crippen LogP contribution in [0.1, 0.15) is 141 Å². The van der Waals surface area contributed by atoms with E-state index in [4.69, 9.17) is 57.5 Å².